The number of methoxy groups -OCH3 is 1. The average molecular weight is 265 g/mol. The lowest BCUT2D eigenvalue weighted by molar-refractivity contribution is -0.110. The molecule has 1 amide bonds. The zero-order valence-electron chi connectivity index (χ0n) is 11.4. The number of hydrogen-bond donors (Lipinski definition) is 2. The van der Waals surface area contributed by atoms with Gasteiger partial charge in [0.15, 0.2) is 0 Å². The van der Waals surface area contributed by atoms with Gasteiger partial charge in [-0.15, -0.1) is 0 Å². The van der Waals surface area contributed by atoms with Crippen molar-refractivity contribution in [1.82, 2.24) is 4.90 Å². The fraction of sp³-hybridized carbons (Fsp3) is 0.500. The Balaban J connectivity index is 2.14. The first-order valence-corrected chi connectivity index (χ1v) is 6.26. The Morgan fingerprint density at radius 3 is 2.58 bits per heavy atom. The zero-order valence-corrected chi connectivity index (χ0v) is 11.4. The Labute approximate surface area is 112 Å². The molecule has 0 aliphatic carbocycles. The van der Waals surface area contributed by atoms with Crippen molar-refractivity contribution in [3.63, 3.8) is 0 Å². The first-order valence-electron chi connectivity index (χ1n) is 6.26. The Hall–Kier alpha value is -1.75. The minimum Gasteiger partial charge on any atom is -0.507 e. The van der Waals surface area contributed by atoms with Crippen LogP contribution in [0.3, 0.4) is 0 Å². The SMILES string of the molecule is COc1ccc(O)c(C(=O)N2CC(O)(C(C)C)C2)c1. The van der Waals surface area contributed by atoms with E-state index in [-0.39, 0.29) is 23.1 Å². The number of carbonyl (C=O) groups excluding carboxylic acids is 1. The van der Waals surface area contributed by atoms with Gasteiger partial charge in [-0.1, -0.05) is 13.8 Å². The highest BCUT2D eigenvalue weighted by atomic mass is 16.5. The molecule has 5 heteroatoms. The third-order valence-electron chi connectivity index (χ3n) is 3.73. The van der Waals surface area contributed by atoms with Crippen LogP contribution in [0, 0.1) is 5.92 Å². The third-order valence-corrected chi connectivity index (χ3v) is 3.73. The molecule has 0 atom stereocenters. The second kappa shape index (κ2) is 4.74. The van der Waals surface area contributed by atoms with Crippen molar-refractivity contribution in [2.75, 3.05) is 20.2 Å². The van der Waals surface area contributed by atoms with Crippen LogP contribution in [0.4, 0.5) is 0 Å². The third kappa shape index (κ3) is 2.38. The van der Waals surface area contributed by atoms with E-state index in [4.69, 9.17) is 4.74 Å². The van der Waals surface area contributed by atoms with Crippen molar-refractivity contribution < 1.29 is 19.7 Å². The lowest BCUT2D eigenvalue weighted by Crippen LogP contribution is -2.65. The molecule has 19 heavy (non-hydrogen) atoms. The van der Waals surface area contributed by atoms with Crippen LogP contribution in [-0.2, 0) is 0 Å². The van der Waals surface area contributed by atoms with E-state index in [0.29, 0.717) is 18.8 Å². The van der Waals surface area contributed by atoms with E-state index in [0.717, 1.165) is 0 Å². The number of likely N-dealkylation sites (tertiary alicyclic amines) is 1. The minimum atomic E-state index is -0.815. The number of phenols is 1. The highest BCUT2D eigenvalue weighted by Gasteiger charge is 2.46. The fourth-order valence-corrected chi connectivity index (χ4v) is 2.11. The van der Waals surface area contributed by atoms with Gasteiger partial charge in [0.1, 0.15) is 17.1 Å². The number of β-amino-alcohol motifs (C(OH)–C–C–N with tert-alkyl or cyclic N) is 1. The van der Waals surface area contributed by atoms with Gasteiger partial charge in [0.25, 0.3) is 5.91 Å². The normalized spacial score (nSPS) is 17.2. The number of nitrogens with zero attached hydrogens (tertiary/aromatic N) is 1. The summed E-state index contributed by atoms with van der Waals surface area (Å²) < 4.78 is 5.04. The van der Waals surface area contributed by atoms with Crippen LogP contribution < -0.4 is 4.74 Å². The predicted molar refractivity (Wildman–Crippen MR) is 70.4 cm³/mol. The number of carbonyl (C=O) groups is 1. The first kappa shape index (κ1) is 13.7. The van der Waals surface area contributed by atoms with Crippen LogP contribution in [0.1, 0.15) is 24.2 Å². The van der Waals surface area contributed by atoms with Crippen LogP contribution in [-0.4, -0.2) is 46.8 Å². The lowest BCUT2D eigenvalue weighted by Gasteiger charge is -2.49. The maximum Gasteiger partial charge on any atom is 0.257 e. The molecular weight excluding hydrogens is 246 g/mol. The largest absolute Gasteiger partial charge is 0.507 e. The molecule has 1 aliphatic rings. The van der Waals surface area contributed by atoms with Crippen molar-refractivity contribution in [1.29, 1.82) is 0 Å². The molecule has 0 spiro atoms. The van der Waals surface area contributed by atoms with Crippen molar-refractivity contribution in [2.45, 2.75) is 19.4 Å². The highest BCUT2D eigenvalue weighted by Crippen LogP contribution is 2.32. The summed E-state index contributed by atoms with van der Waals surface area (Å²) in [5.74, 6) is 0.240. The maximum atomic E-state index is 12.2. The van der Waals surface area contributed by atoms with Gasteiger partial charge in [-0.25, -0.2) is 0 Å². The van der Waals surface area contributed by atoms with Crippen LogP contribution >= 0.6 is 0 Å². The molecule has 1 heterocycles. The molecule has 1 aliphatic heterocycles. The van der Waals surface area contributed by atoms with E-state index >= 15 is 0 Å². The number of aromatic hydroxyl groups is 1. The molecule has 0 unspecified atom stereocenters. The summed E-state index contributed by atoms with van der Waals surface area (Å²) in [7, 11) is 1.50. The van der Waals surface area contributed by atoms with Crippen molar-refractivity contribution >= 4 is 5.91 Å². The van der Waals surface area contributed by atoms with E-state index in [1.54, 1.807) is 6.07 Å². The number of hydrogen-bond acceptors (Lipinski definition) is 4. The summed E-state index contributed by atoms with van der Waals surface area (Å²) in [6.45, 7) is 4.43. The summed E-state index contributed by atoms with van der Waals surface area (Å²) in [4.78, 5) is 13.7. The van der Waals surface area contributed by atoms with Crippen molar-refractivity contribution in [2.24, 2.45) is 5.92 Å². The molecule has 0 radical (unpaired) electrons. The number of phenolic OH excluding ortho intramolecular Hbond substituents is 1. The molecule has 1 saturated heterocycles. The van der Waals surface area contributed by atoms with Crippen molar-refractivity contribution in [3.05, 3.63) is 23.8 Å². The number of rotatable bonds is 3. The number of amides is 1. The molecule has 0 aromatic heterocycles. The molecule has 104 valence electrons. The summed E-state index contributed by atoms with van der Waals surface area (Å²) >= 11 is 0. The van der Waals surface area contributed by atoms with E-state index in [2.05, 4.69) is 0 Å². The van der Waals surface area contributed by atoms with Crippen LogP contribution in [0.2, 0.25) is 0 Å². The predicted octanol–water partition coefficient (Wildman–Crippen LogP) is 1.24. The lowest BCUT2D eigenvalue weighted by atomic mass is 9.82. The van der Waals surface area contributed by atoms with Gasteiger partial charge in [0.05, 0.1) is 25.8 Å². The van der Waals surface area contributed by atoms with Crippen molar-refractivity contribution in [3.8, 4) is 11.5 Å². The number of ether oxygens (including phenoxy) is 1. The minimum absolute atomic E-state index is 0.0780. The highest BCUT2D eigenvalue weighted by molar-refractivity contribution is 5.97. The molecule has 1 fully saturated rings. The second-order valence-corrected chi connectivity index (χ2v) is 5.30. The molecule has 2 N–H and O–H groups in total. The molecule has 0 bridgehead atoms. The molecule has 5 nitrogen and oxygen atoms in total. The van der Waals surface area contributed by atoms with Gasteiger partial charge in [-0.05, 0) is 24.1 Å². The van der Waals surface area contributed by atoms with Gasteiger partial charge >= 0.3 is 0 Å². The summed E-state index contributed by atoms with van der Waals surface area (Å²) in [5.41, 5.74) is -0.616. The molecule has 0 saturated carbocycles. The van der Waals surface area contributed by atoms with Gasteiger partial charge in [-0.3, -0.25) is 4.79 Å². The van der Waals surface area contributed by atoms with Gasteiger partial charge in [0.2, 0.25) is 0 Å². The molecular formula is C14H19NO4. The topological polar surface area (TPSA) is 70.0 Å². The first-order chi connectivity index (χ1) is 8.87. The fourth-order valence-electron chi connectivity index (χ4n) is 2.11. The Morgan fingerprint density at radius 2 is 2.05 bits per heavy atom. The van der Waals surface area contributed by atoms with E-state index in [1.807, 2.05) is 13.8 Å². The zero-order chi connectivity index (χ0) is 14.2. The van der Waals surface area contributed by atoms with Crippen LogP contribution in [0.25, 0.3) is 0 Å². The quantitative estimate of drug-likeness (QED) is 0.862. The van der Waals surface area contributed by atoms with Crippen LogP contribution in [0.15, 0.2) is 18.2 Å². The Morgan fingerprint density at radius 1 is 1.42 bits per heavy atom. The molecule has 1 aromatic carbocycles. The Kier molecular flexibility index (Phi) is 3.41. The van der Waals surface area contributed by atoms with E-state index < -0.39 is 5.60 Å². The Bertz CT molecular complexity index is 492. The summed E-state index contributed by atoms with van der Waals surface area (Å²) in [6.07, 6.45) is 0. The number of aliphatic hydroxyl groups is 1. The molecule has 2 rings (SSSR count). The standard InChI is InChI=1S/C14H19NO4/c1-9(2)14(18)7-15(8-14)13(17)11-6-10(19-3)4-5-12(11)16/h4-6,9,16,18H,7-8H2,1-3H3. The van der Waals surface area contributed by atoms with Gasteiger partial charge in [-0.2, -0.15) is 0 Å². The molecule has 1 aromatic rings. The smallest absolute Gasteiger partial charge is 0.257 e. The maximum absolute atomic E-state index is 12.2. The number of benzene rings is 1. The van der Waals surface area contributed by atoms with E-state index in [1.165, 1.54) is 24.1 Å². The monoisotopic (exact) mass is 265 g/mol. The van der Waals surface area contributed by atoms with E-state index in [9.17, 15) is 15.0 Å². The summed E-state index contributed by atoms with van der Waals surface area (Å²) in [6, 6.07) is 4.53. The second-order valence-electron chi connectivity index (χ2n) is 5.30. The van der Waals surface area contributed by atoms with Crippen LogP contribution in [0.5, 0.6) is 11.5 Å². The summed E-state index contributed by atoms with van der Waals surface area (Å²) in [5, 5.41) is 19.9. The van der Waals surface area contributed by atoms with Gasteiger partial charge in [0, 0.05) is 0 Å². The average Bonchev–Trinajstić information content (AvgIpc) is 2.34. The van der Waals surface area contributed by atoms with Gasteiger partial charge < -0.3 is 19.8 Å².